The monoisotopic (exact) mass is 224 g/mol. The SMILES string of the molecule is CCOC(=O)NS(=O)(=O)NC(C)CC. The molecule has 0 saturated carbocycles. The standard InChI is InChI=1S/C7H16N2O4S/c1-4-6(3)8-14(11,12)9-7(10)13-5-2/h6,8H,4-5H2,1-3H3,(H,9,10). The third kappa shape index (κ3) is 5.76. The molecule has 0 aromatic carbocycles. The van der Waals surface area contributed by atoms with E-state index < -0.39 is 16.3 Å². The van der Waals surface area contributed by atoms with Crippen LogP contribution in [0.2, 0.25) is 0 Å². The van der Waals surface area contributed by atoms with Crippen molar-refractivity contribution in [1.82, 2.24) is 9.44 Å². The molecular weight excluding hydrogens is 208 g/mol. The molecule has 14 heavy (non-hydrogen) atoms. The molecule has 0 aliphatic rings. The topological polar surface area (TPSA) is 84.5 Å². The Hall–Kier alpha value is -0.820. The molecular formula is C7H16N2O4S. The van der Waals surface area contributed by atoms with E-state index in [-0.39, 0.29) is 12.6 Å². The normalized spacial score (nSPS) is 13.4. The highest BCUT2D eigenvalue weighted by Gasteiger charge is 2.16. The number of amides is 1. The van der Waals surface area contributed by atoms with Crippen LogP contribution in [0.3, 0.4) is 0 Å². The fraction of sp³-hybridized carbons (Fsp3) is 0.857. The Morgan fingerprint density at radius 2 is 2.00 bits per heavy atom. The summed E-state index contributed by atoms with van der Waals surface area (Å²) in [7, 11) is -3.79. The smallest absolute Gasteiger partial charge is 0.421 e. The van der Waals surface area contributed by atoms with Gasteiger partial charge >= 0.3 is 16.3 Å². The van der Waals surface area contributed by atoms with E-state index in [0.29, 0.717) is 6.42 Å². The minimum absolute atomic E-state index is 0.130. The van der Waals surface area contributed by atoms with Crippen molar-refractivity contribution in [3.63, 3.8) is 0 Å². The second-order valence-corrected chi connectivity index (χ2v) is 4.20. The summed E-state index contributed by atoms with van der Waals surface area (Å²) in [5.74, 6) is 0. The lowest BCUT2D eigenvalue weighted by molar-refractivity contribution is 0.158. The van der Waals surface area contributed by atoms with Crippen molar-refractivity contribution in [1.29, 1.82) is 0 Å². The first-order valence-electron chi connectivity index (χ1n) is 4.38. The molecule has 0 aliphatic heterocycles. The number of hydrogen-bond donors (Lipinski definition) is 2. The lowest BCUT2D eigenvalue weighted by Crippen LogP contribution is -2.44. The minimum atomic E-state index is -3.79. The van der Waals surface area contributed by atoms with Gasteiger partial charge in [0.1, 0.15) is 0 Å². The molecule has 2 N–H and O–H groups in total. The van der Waals surface area contributed by atoms with Gasteiger partial charge in [-0.3, -0.25) is 0 Å². The van der Waals surface area contributed by atoms with E-state index in [1.54, 1.807) is 18.6 Å². The Kier molecular flexibility index (Phi) is 5.47. The predicted molar refractivity (Wildman–Crippen MR) is 52.0 cm³/mol. The molecule has 0 spiro atoms. The second-order valence-electron chi connectivity index (χ2n) is 2.75. The Balaban J connectivity index is 4.14. The van der Waals surface area contributed by atoms with Crippen LogP contribution in [0.4, 0.5) is 4.79 Å². The van der Waals surface area contributed by atoms with Crippen LogP contribution in [0.15, 0.2) is 0 Å². The van der Waals surface area contributed by atoms with E-state index in [0.717, 1.165) is 0 Å². The van der Waals surface area contributed by atoms with Crippen LogP contribution in [-0.4, -0.2) is 27.2 Å². The molecule has 0 bridgehead atoms. The molecule has 0 aromatic rings. The van der Waals surface area contributed by atoms with Gasteiger partial charge in [0.2, 0.25) is 0 Å². The molecule has 1 atom stereocenters. The molecule has 0 rings (SSSR count). The van der Waals surface area contributed by atoms with E-state index in [1.807, 2.05) is 6.92 Å². The van der Waals surface area contributed by atoms with Gasteiger partial charge in [-0.05, 0) is 20.3 Å². The first-order valence-corrected chi connectivity index (χ1v) is 5.86. The highest BCUT2D eigenvalue weighted by atomic mass is 32.2. The molecule has 84 valence electrons. The number of ether oxygens (including phenoxy) is 1. The van der Waals surface area contributed by atoms with Crippen molar-refractivity contribution in [2.45, 2.75) is 33.2 Å². The van der Waals surface area contributed by atoms with Gasteiger partial charge in [-0.1, -0.05) is 6.92 Å². The van der Waals surface area contributed by atoms with Crippen LogP contribution in [0.25, 0.3) is 0 Å². The summed E-state index contributed by atoms with van der Waals surface area (Å²) >= 11 is 0. The number of hydrogen-bond acceptors (Lipinski definition) is 4. The van der Waals surface area contributed by atoms with Gasteiger partial charge in [-0.25, -0.2) is 9.52 Å². The highest BCUT2D eigenvalue weighted by Crippen LogP contribution is 1.91. The Bertz CT molecular complexity index is 275. The molecule has 0 saturated heterocycles. The maximum absolute atomic E-state index is 11.2. The third-order valence-corrected chi connectivity index (χ3v) is 2.61. The van der Waals surface area contributed by atoms with Gasteiger partial charge in [0, 0.05) is 6.04 Å². The van der Waals surface area contributed by atoms with Crippen LogP contribution in [0, 0.1) is 0 Å². The highest BCUT2D eigenvalue weighted by molar-refractivity contribution is 7.88. The van der Waals surface area contributed by atoms with Crippen molar-refractivity contribution >= 4 is 16.3 Å². The summed E-state index contributed by atoms with van der Waals surface area (Å²) in [5, 5.41) is 0. The van der Waals surface area contributed by atoms with Crippen molar-refractivity contribution in [2.75, 3.05) is 6.61 Å². The number of carbonyl (C=O) groups is 1. The van der Waals surface area contributed by atoms with Crippen LogP contribution in [0.5, 0.6) is 0 Å². The average molecular weight is 224 g/mol. The molecule has 7 heteroatoms. The lowest BCUT2D eigenvalue weighted by atomic mass is 10.3. The first kappa shape index (κ1) is 13.2. The quantitative estimate of drug-likeness (QED) is 0.706. The van der Waals surface area contributed by atoms with E-state index in [1.165, 1.54) is 0 Å². The molecule has 0 fully saturated rings. The molecule has 1 unspecified atom stereocenters. The van der Waals surface area contributed by atoms with Gasteiger partial charge in [0.15, 0.2) is 0 Å². The van der Waals surface area contributed by atoms with Crippen LogP contribution in [0.1, 0.15) is 27.2 Å². The van der Waals surface area contributed by atoms with Crippen LogP contribution in [-0.2, 0) is 14.9 Å². The number of nitrogens with one attached hydrogen (secondary N) is 2. The van der Waals surface area contributed by atoms with Gasteiger partial charge in [-0.2, -0.15) is 13.1 Å². The zero-order valence-corrected chi connectivity index (χ0v) is 9.35. The van der Waals surface area contributed by atoms with E-state index in [9.17, 15) is 13.2 Å². The van der Waals surface area contributed by atoms with E-state index in [4.69, 9.17) is 0 Å². The van der Waals surface area contributed by atoms with E-state index in [2.05, 4.69) is 9.46 Å². The Morgan fingerprint density at radius 1 is 1.43 bits per heavy atom. The molecule has 0 heterocycles. The summed E-state index contributed by atoms with van der Waals surface area (Å²) in [6.45, 7) is 5.25. The lowest BCUT2D eigenvalue weighted by Gasteiger charge is -2.12. The van der Waals surface area contributed by atoms with Gasteiger partial charge in [0.25, 0.3) is 0 Å². The van der Waals surface area contributed by atoms with Gasteiger partial charge in [-0.15, -0.1) is 0 Å². The summed E-state index contributed by atoms with van der Waals surface area (Å²) in [5.41, 5.74) is 0. The fourth-order valence-corrected chi connectivity index (χ4v) is 1.68. The predicted octanol–water partition coefficient (Wildman–Crippen LogP) is 0.365. The molecule has 0 aliphatic carbocycles. The summed E-state index contributed by atoms with van der Waals surface area (Å²) in [4.78, 5) is 10.8. The average Bonchev–Trinajstić information content (AvgIpc) is 2.02. The van der Waals surface area contributed by atoms with Crippen molar-refractivity contribution in [3.05, 3.63) is 0 Å². The van der Waals surface area contributed by atoms with Gasteiger partial charge < -0.3 is 4.74 Å². The summed E-state index contributed by atoms with van der Waals surface area (Å²) in [6.07, 6.45) is -0.327. The van der Waals surface area contributed by atoms with Crippen molar-refractivity contribution < 1.29 is 17.9 Å². The Morgan fingerprint density at radius 3 is 2.43 bits per heavy atom. The largest absolute Gasteiger partial charge is 0.449 e. The Labute approximate surface area is 84.2 Å². The molecule has 1 amide bonds. The zero-order valence-electron chi connectivity index (χ0n) is 8.53. The maximum atomic E-state index is 11.2. The maximum Gasteiger partial charge on any atom is 0.421 e. The van der Waals surface area contributed by atoms with Crippen molar-refractivity contribution in [2.24, 2.45) is 0 Å². The summed E-state index contributed by atoms with van der Waals surface area (Å²) < 4.78 is 30.7. The minimum Gasteiger partial charge on any atom is -0.449 e. The second kappa shape index (κ2) is 5.82. The van der Waals surface area contributed by atoms with Crippen molar-refractivity contribution in [3.8, 4) is 0 Å². The number of rotatable bonds is 5. The number of carbonyl (C=O) groups excluding carboxylic acids is 1. The zero-order chi connectivity index (χ0) is 11.2. The molecule has 0 radical (unpaired) electrons. The summed E-state index contributed by atoms with van der Waals surface area (Å²) in [6, 6.07) is -0.220. The fourth-order valence-electron chi connectivity index (χ4n) is 0.648. The third-order valence-electron chi connectivity index (χ3n) is 1.46. The van der Waals surface area contributed by atoms with Crippen LogP contribution >= 0.6 is 0 Å². The van der Waals surface area contributed by atoms with E-state index >= 15 is 0 Å². The van der Waals surface area contributed by atoms with Crippen LogP contribution < -0.4 is 9.44 Å². The van der Waals surface area contributed by atoms with Gasteiger partial charge in [0.05, 0.1) is 6.61 Å². The molecule has 0 aromatic heterocycles. The molecule has 6 nitrogen and oxygen atoms in total. The first-order chi connectivity index (χ1) is 6.41.